The van der Waals surface area contributed by atoms with E-state index in [1.807, 2.05) is 0 Å². The Bertz CT molecular complexity index is 450. The molecule has 0 atom stereocenters. The molecule has 3 nitrogen and oxygen atoms in total. The Balaban J connectivity index is 2.25. The van der Waals surface area contributed by atoms with Gasteiger partial charge in [-0.05, 0) is 70.1 Å². The molecule has 0 fully saturated rings. The van der Waals surface area contributed by atoms with Crippen LogP contribution in [-0.2, 0) is 0 Å². The first-order valence-electron chi connectivity index (χ1n) is 7.24. The topological polar surface area (TPSA) is 40.7 Å². The quantitative estimate of drug-likeness (QED) is 0.577. The maximum Gasteiger partial charge on any atom is 0.170 e. The number of aryl methyl sites for hydroxylation is 2. The number of hydrogen-bond donors (Lipinski definition) is 3. The molecule has 0 aliphatic rings. The van der Waals surface area contributed by atoms with Gasteiger partial charge in [0.2, 0.25) is 0 Å². The van der Waals surface area contributed by atoms with Crippen molar-refractivity contribution in [1.29, 1.82) is 0 Å². The van der Waals surface area contributed by atoms with Gasteiger partial charge in [0, 0.05) is 18.7 Å². The van der Waals surface area contributed by atoms with Crippen molar-refractivity contribution < 1.29 is 5.32 Å². The summed E-state index contributed by atoms with van der Waals surface area (Å²) in [6.07, 6.45) is 1.10. The van der Waals surface area contributed by atoms with E-state index in [4.69, 9.17) is 12.2 Å². The molecule has 1 aromatic rings. The molecule has 0 aliphatic heterocycles. The molecule has 0 radical (unpaired) electrons. The molecule has 0 saturated carbocycles. The van der Waals surface area contributed by atoms with E-state index in [0.29, 0.717) is 10.7 Å². The van der Waals surface area contributed by atoms with Crippen molar-refractivity contribution in [1.82, 2.24) is 5.32 Å². The van der Waals surface area contributed by atoms with Crippen molar-refractivity contribution >= 4 is 23.0 Å². The van der Waals surface area contributed by atoms with Crippen LogP contribution in [0.3, 0.4) is 0 Å². The predicted octanol–water partition coefficient (Wildman–Crippen LogP) is 2.34. The van der Waals surface area contributed by atoms with E-state index in [0.717, 1.165) is 25.2 Å². The average molecular weight is 294 g/mol. The number of anilines is 1. The van der Waals surface area contributed by atoms with Crippen molar-refractivity contribution in [2.75, 3.05) is 18.4 Å². The number of rotatable bonds is 5. The maximum absolute atomic E-state index is 5.30. The van der Waals surface area contributed by atoms with Gasteiger partial charge in [-0.25, -0.2) is 0 Å². The number of benzene rings is 1. The molecule has 1 rings (SSSR count). The van der Waals surface area contributed by atoms with Crippen molar-refractivity contribution in [2.24, 2.45) is 0 Å². The fourth-order valence-electron chi connectivity index (χ4n) is 1.83. The third-order valence-electron chi connectivity index (χ3n) is 3.19. The SMILES string of the molecule is Cc1ccc(NC(=S)NCCC[NH2+]C(C)(C)C)cc1C. The van der Waals surface area contributed by atoms with Crippen LogP contribution in [0.2, 0.25) is 0 Å². The summed E-state index contributed by atoms with van der Waals surface area (Å²) in [6, 6.07) is 6.29. The van der Waals surface area contributed by atoms with E-state index in [9.17, 15) is 0 Å². The Morgan fingerprint density at radius 1 is 1.20 bits per heavy atom. The van der Waals surface area contributed by atoms with Gasteiger partial charge >= 0.3 is 0 Å². The van der Waals surface area contributed by atoms with Crippen LogP contribution in [0.1, 0.15) is 38.3 Å². The predicted molar refractivity (Wildman–Crippen MR) is 91.3 cm³/mol. The van der Waals surface area contributed by atoms with Gasteiger partial charge in [0.1, 0.15) is 0 Å². The normalized spacial score (nSPS) is 11.2. The fourth-order valence-corrected chi connectivity index (χ4v) is 2.05. The summed E-state index contributed by atoms with van der Waals surface area (Å²) in [5.41, 5.74) is 3.93. The molecule has 1 aromatic carbocycles. The first-order valence-corrected chi connectivity index (χ1v) is 7.65. The van der Waals surface area contributed by atoms with Gasteiger partial charge < -0.3 is 16.0 Å². The molecule has 0 saturated heterocycles. The zero-order chi connectivity index (χ0) is 15.2. The molecule has 0 aromatic heterocycles. The summed E-state index contributed by atoms with van der Waals surface area (Å²) >= 11 is 5.30. The van der Waals surface area contributed by atoms with E-state index in [1.54, 1.807) is 0 Å². The largest absolute Gasteiger partial charge is 0.362 e. The van der Waals surface area contributed by atoms with Gasteiger partial charge in [-0.2, -0.15) is 0 Å². The van der Waals surface area contributed by atoms with Crippen LogP contribution in [-0.4, -0.2) is 23.7 Å². The molecule has 0 amide bonds. The average Bonchev–Trinajstić information content (AvgIpc) is 2.32. The number of nitrogens with one attached hydrogen (secondary N) is 2. The lowest BCUT2D eigenvalue weighted by Crippen LogP contribution is -2.94. The van der Waals surface area contributed by atoms with Gasteiger partial charge in [0.15, 0.2) is 5.11 Å². The monoisotopic (exact) mass is 294 g/mol. The van der Waals surface area contributed by atoms with Crippen LogP contribution in [0.5, 0.6) is 0 Å². The van der Waals surface area contributed by atoms with Gasteiger partial charge in [-0.15, -0.1) is 0 Å². The Morgan fingerprint density at radius 2 is 1.90 bits per heavy atom. The molecule has 0 bridgehead atoms. The smallest absolute Gasteiger partial charge is 0.170 e. The van der Waals surface area contributed by atoms with Crippen LogP contribution < -0.4 is 16.0 Å². The summed E-state index contributed by atoms with van der Waals surface area (Å²) < 4.78 is 0. The Kier molecular flexibility index (Phi) is 6.43. The second-order valence-corrected chi connectivity index (χ2v) is 6.80. The van der Waals surface area contributed by atoms with Crippen molar-refractivity contribution in [2.45, 2.75) is 46.6 Å². The van der Waals surface area contributed by atoms with E-state index in [-0.39, 0.29) is 0 Å². The molecule has 0 unspecified atom stereocenters. The molecular weight excluding hydrogens is 266 g/mol. The second kappa shape index (κ2) is 7.60. The molecule has 112 valence electrons. The van der Waals surface area contributed by atoms with E-state index in [2.05, 4.69) is 68.8 Å². The summed E-state index contributed by atoms with van der Waals surface area (Å²) in [5.74, 6) is 0. The second-order valence-electron chi connectivity index (χ2n) is 6.39. The van der Waals surface area contributed by atoms with Gasteiger partial charge in [-0.3, -0.25) is 0 Å². The zero-order valence-corrected chi connectivity index (χ0v) is 14.2. The minimum Gasteiger partial charge on any atom is -0.362 e. The van der Waals surface area contributed by atoms with Gasteiger partial charge in [-0.1, -0.05) is 6.07 Å². The highest BCUT2D eigenvalue weighted by atomic mass is 32.1. The Labute approximate surface area is 128 Å². The van der Waals surface area contributed by atoms with Crippen LogP contribution in [0.4, 0.5) is 5.69 Å². The number of quaternary nitrogens is 1. The number of hydrogen-bond acceptors (Lipinski definition) is 1. The number of thiocarbonyl (C=S) groups is 1. The fraction of sp³-hybridized carbons (Fsp3) is 0.562. The summed E-state index contributed by atoms with van der Waals surface area (Å²) in [4.78, 5) is 0. The number of nitrogens with two attached hydrogens (primary N) is 1. The lowest BCUT2D eigenvalue weighted by molar-refractivity contribution is -0.717. The van der Waals surface area contributed by atoms with Crippen LogP contribution in [0.25, 0.3) is 0 Å². The third kappa shape index (κ3) is 6.87. The van der Waals surface area contributed by atoms with Crippen LogP contribution >= 0.6 is 12.2 Å². The highest BCUT2D eigenvalue weighted by Crippen LogP contribution is 2.13. The molecule has 4 N–H and O–H groups in total. The highest BCUT2D eigenvalue weighted by Gasteiger charge is 2.11. The van der Waals surface area contributed by atoms with Crippen LogP contribution in [0.15, 0.2) is 18.2 Å². The molecule has 0 heterocycles. The minimum atomic E-state index is 0.304. The van der Waals surface area contributed by atoms with E-state index < -0.39 is 0 Å². The molecule has 20 heavy (non-hydrogen) atoms. The first kappa shape index (κ1) is 16.9. The Morgan fingerprint density at radius 3 is 2.50 bits per heavy atom. The van der Waals surface area contributed by atoms with Gasteiger partial charge in [0.25, 0.3) is 0 Å². The third-order valence-corrected chi connectivity index (χ3v) is 3.43. The molecular formula is C16H28N3S+. The lowest BCUT2D eigenvalue weighted by atomic mass is 10.1. The summed E-state index contributed by atoms with van der Waals surface area (Å²) in [7, 11) is 0. The maximum atomic E-state index is 5.30. The minimum absolute atomic E-state index is 0.304. The molecule has 0 aliphatic carbocycles. The standard InChI is InChI=1S/C16H27N3S/c1-12-7-8-14(11-13(12)2)19-15(20)17-9-6-10-18-16(3,4)5/h7-8,11,18H,6,9-10H2,1-5H3,(H2,17,19,20)/p+1. The summed E-state index contributed by atoms with van der Waals surface area (Å²) in [5, 5.41) is 9.53. The van der Waals surface area contributed by atoms with Gasteiger partial charge in [0.05, 0.1) is 12.1 Å². The van der Waals surface area contributed by atoms with E-state index in [1.165, 1.54) is 11.1 Å². The summed E-state index contributed by atoms with van der Waals surface area (Å²) in [6.45, 7) is 12.9. The van der Waals surface area contributed by atoms with Crippen molar-refractivity contribution in [3.05, 3.63) is 29.3 Å². The molecule has 4 heteroatoms. The molecule has 0 spiro atoms. The lowest BCUT2D eigenvalue weighted by Gasteiger charge is -2.17. The first-order chi connectivity index (χ1) is 9.28. The van der Waals surface area contributed by atoms with Crippen molar-refractivity contribution in [3.8, 4) is 0 Å². The van der Waals surface area contributed by atoms with Crippen LogP contribution in [0, 0.1) is 13.8 Å². The highest BCUT2D eigenvalue weighted by molar-refractivity contribution is 7.80. The Hall–Kier alpha value is -1.13. The van der Waals surface area contributed by atoms with E-state index >= 15 is 0 Å². The van der Waals surface area contributed by atoms with Crippen molar-refractivity contribution in [3.63, 3.8) is 0 Å². The zero-order valence-electron chi connectivity index (χ0n) is 13.3.